The van der Waals surface area contributed by atoms with Crippen LogP contribution in [0.15, 0.2) is 18.2 Å². The first-order valence-corrected chi connectivity index (χ1v) is 6.65. The maximum atomic E-state index is 11.8. The van der Waals surface area contributed by atoms with Crippen LogP contribution in [-0.4, -0.2) is 32.2 Å². The molecule has 0 heterocycles. The van der Waals surface area contributed by atoms with Crippen LogP contribution in [0, 0.1) is 6.92 Å². The first kappa shape index (κ1) is 16.2. The molecule has 0 fully saturated rings. The van der Waals surface area contributed by atoms with Crippen LogP contribution in [0.4, 0.5) is 5.69 Å². The van der Waals surface area contributed by atoms with E-state index in [4.69, 9.17) is 9.47 Å². The van der Waals surface area contributed by atoms with Gasteiger partial charge >= 0.3 is 5.97 Å². The number of aryl methyl sites for hydroxylation is 1. The molecule has 0 bridgehead atoms. The van der Waals surface area contributed by atoms with Crippen LogP contribution < -0.4 is 5.32 Å². The molecule has 110 valence electrons. The monoisotopic (exact) mass is 279 g/mol. The summed E-state index contributed by atoms with van der Waals surface area (Å²) in [6.45, 7) is 4.99. The zero-order chi connectivity index (χ0) is 15.0. The molecule has 0 aromatic heterocycles. The summed E-state index contributed by atoms with van der Waals surface area (Å²) in [5.41, 5.74) is 1.77. The molecule has 1 aromatic carbocycles. The Hall–Kier alpha value is -1.88. The molecule has 0 saturated heterocycles. The normalized spacial score (nSPS) is 10.2. The Bertz CT molecular complexity index is 471. The number of esters is 1. The number of hydrogen-bond acceptors (Lipinski definition) is 4. The number of nitrogens with one attached hydrogen (secondary N) is 1. The van der Waals surface area contributed by atoms with Crippen molar-refractivity contribution in [3.63, 3.8) is 0 Å². The number of carbonyl (C=O) groups is 2. The second kappa shape index (κ2) is 8.32. The Morgan fingerprint density at radius 3 is 2.70 bits per heavy atom. The quantitative estimate of drug-likeness (QED) is 0.615. The summed E-state index contributed by atoms with van der Waals surface area (Å²) < 4.78 is 9.89. The maximum absolute atomic E-state index is 11.8. The summed E-state index contributed by atoms with van der Waals surface area (Å²) in [6.07, 6.45) is 1.01. The Morgan fingerprint density at radius 2 is 2.05 bits per heavy atom. The molecule has 20 heavy (non-hydrogen) atoms. The fourth-order valence-corrected chi connectivity index (χ4v) is 1.74. The van der Waals surface area contributed by atoms with E-state index < -0.39 is 5.97 Å². The molecule has 1 rings (SSSR count). The Kier molecular flexibility index (Phi) is 6.73. The largest absolute Gasteiger partial charge is 0.465 e. The first-order chi connectivity index (χ1) is 9.58. The summed E-state index contributed by atoms with van der Waals surface area (Å²) in [4.78, 5) is 23.5. The van der Waals surface area contributed by atoms with Crippen molar-refractivity contribution in [2.24, 2.45) is 0 Å². The molecule has 0 radical (unpaired) electrons. The van der Waals surface area contributed by atoms with Gasteiger partial charge in [-0.05, 0) is 32.4 Å². The summed E-state index contributed by atoms with van der Waals surface area (Å²) >= 11 is 0. The second-order valence-corrected chi connectivity index (χ2v) is 4.39. The highest BCUT2D eigenvalue weighted by Crippen LogP contribution is 2.18. The summed E-state index contributed by atoms with van der Waals surface area (Å²) in [5.74, 6) is -0.600. The lowest BCUT2D eigenvalue weighted by molar-refractivity contribution is -0.116. The van der Waals surface area contributed by atoms with Crippen LogP contribution in [0.2, 0.25) is 0 Å². The molecule has 1 aromatic rings. The van der Waals surface area contributed by atoms with Crippen molar-refractivity contribution < 1.29 is 19.1 Å². The average molecular weight is 279 g/mol. The number of anilines is 1. The molecule has 5 heteroatoms. The standard InChI is InChI=1S/C15H21NO4/c1-4-20-9-5-6-14(17)16-13-8-7-11(2)10-12(13)15(18)19-3/h7-8,10H,4-6,9H2,1-3H3,(H,16,17). The van der Waals surface area contributed by atoms with Crippen molar-refractivity contribution in [3.8, 4) is 0 Å². The number of carbonyl (C=O) groups excluding carboxylic acids is 2. The van der Waals surface area contributed by atoms with E-state index in [1.165, 1.54) is 7.11 Å². The van der Waals surface area contributed by atoms with E-state index in [-0.39, 0.29) is 5.91 Å². The van der Waals surface area contributed by atoms with E-state index in [9.17, 15) is 9.59 Å². The minimum Gasteiger partial charge on any atom is -0.465 e. The van der Waals surface area contributed by atoms with E-state index in [1.807, 2.05) is 19.9 Å². The van der Waals surface area contributed by atoms with E-state index in [1.54, 1.807) is 12.1 Å². The summed E-state index contributed by atoms with van der Waals surface area (Å²) in [7, 11) is 1.32. The zero-order valence-corrected chi connectivity index (χ0v) is 12.2. The lowest BCUT2D eigenvalue weighted by Crippen LogP contribution is -2.15. The van der Waals surface area contributed by atoms with Crippen LogP contribution in [0.25, 0.3) is 0 Å². The number of hydrogen-bond donors (Lipinski definition) is 1. The van der Waals surface area contributed by atoms with Gasteiger partial charge in [0.25, 0.3) is 0 Å². The fraction of sp³-hybridized carbons (Fsp3) is 0.467. The Balaban J connectivity index is 2.67. The molecule has 0 saturated carbocycles. The molecule has 1 amide bonds. The van der Waals surface area contributed by atoms with E-state index in [0.717, 1.165) is 5.56 Å². The van der Waals surface area contributed by atoms with Gasteiger partial charge in [-0.25, -0.2) is 4.79 Å². The lowest BCUT2D eigenvalue weighted by Gasteiger charge is -2.10. The van der Waals surface area contributed by atoms with Gasteiger partial charge in [0.2, 0.25) is 5.91 Å². The minimum atomic E-state index is -0.460. The van der Waals surface area contributed by atoms with Gasteiger partial charge in [0, 0.05) is 19.6 Å². The van der Waals surface area contributed by atoms with Crippen LogP contribution in [0.5, 0.6) is 0 Å². The second-order valence-electron chi connectivity index (χ2n) is 4.39. The van der Waals surface area contributed by atoms with Crippen LogP contribution in [0.3, 0.4) is 0 Å². The zero-order valence-electron chi connectivity index (χ0n) is 12.2. The molecule has 0 aliphatic rings. The van der Waals surface area contributed by atoms with Crippen LogP contribution in [0.1, 0.15) is 35.7 Å². The van der Waals surface area contributed by atoms with Crippen molar-refractivity contribution in [2.75, 3.05) is 25.6 Å². The van der Waals surface area contributed by atoms with Gasteiger partial charge in [0.1, 0.15) is 0 Å². The number of methoxy groups -OCH3 is 1. The molecule has 0 spiro atoms. The van der Waals surface area contributed by atoms with Gasteiger partial charge in [0.05, 0.1) is 18.4 Å². The molecular weight excluding hydrogens is 258 g/mol. The van der Waals surface area contributed by atoms with E-state index in [2.05, 4.69) is 5.32 Å². The van der Waals surface area contributed by atoms with Crippen molar-refractivity contribution in [3.05, 3.63) is 29.3 Å². The topological polar surface area (TPSA) is 64.6 Å². The van der Waals surface area contributed by atoms with Crippen LogP contribution in [-0.2, 0) is 14.3 Å². The molecule has 0 atom stereocenters. The fourth-order valence-electron chi connectivity index (χ4n) is 1.74. The molecule has 0 aliphatic carbocycles. The van der Waals surface area contributed by atoms with Crippen molar-refractivity contribution >= 4 is 17.6 Å². The third kappa shape index (κ3) is 5.01. The molecule has 5 nitrogen and oxygen atoms in total. The smallest absolute Gasteiger partial charge is 0.339 e. The predicted octanol–water partition coefficient (Wildman–Crippen LogP) is 2.54. The predicted molar refractivity (Wildman–Crippen MR) is 76.9 cm³/mol. The Morgan fingerprint density at radius 1 is 1.30 bits per heavy atom. The summed E-state index contributed by atoms with van der Waals surface area (Å²) in [6, 6.07) is 5.24. The van der Waals surface area contributed by atoms with Gasteiger partial charge in [-0.1, -0.05) is 11.6 Å². The van der Waals surface area contributed by atoms with Gasteiger partial charge in [-0.2, -0.15) is 0 Å². The third-order valence-corrected chi connectivity index (χ3v) is 2.75. The highest BCUT2D eigenvalue weighted by atomic mass is 16.5. The SMILES string of the molecule is CCOCCCC(=O)Nc1ccc(C)cc1C(=O)OC. The van der Waals surface area contributed by atoms with Gasteiger partial charge < -0.3 is 14.8 Å². The molecule has 0 aliphatic heterocycles. The average Bonchev–Trinajstić information content (AvgIpc) is 2.44. The highest BCUT2D eigenvalue weighted by molar-refractivity contribution is 6.01. The van der Waals surface area contributed by atoms with E-state index in [0.29, 0.717) is 37.3 Å². The maximum Gasteiger partial charge on any atom is 0.339 e. The number of ether oxygens (including phenoxy) is 2. The number of amides is 1. The molecule has 0 unspecified atom stereocenters. The van der Waals surface area contributed by atoms with Gasteiger partial charge in [-0.3, -0.25) is 4.79 Å². The molecule has 1 N–H and O–H groups in total. The summed E-state index contributed by atoms with van der Waals surface area (Å²) in [5, 5.41) is 2.73. The van der Waals surface area contributed by atoms with Crippen LogP contribution >= 0.6 is 0 Å². The number of rotatable bonds is 7. The number of benzene rings is 1. The third-order valence-electron chi connectivity index (χ3n) is 2.75. The van der Waals surface area contributed by atoms with Gasteiger partial charge in [-0.15, -0.1) is 0 Å². The highest BCUT2D eigenvalue weighted by Gasteiger charge is 2.14. The minimum absolute atomic E-state index is 0.140. The Labute approximate surface area is 119 Å². The van der Waals surface area contributed by atoms with Crippen molar-refractivity contribution in [2.45, 2.75) is 26.7 Å². The molecular formula is C15H21NO4. The van der Waals surface area contributed by atoms with Gasteiger partial charge in [0.15, 0.2) is 0 Å². The lowest BCUT2D eigenvalue weighted by atomic mass is 10.1. The van der Waals surface area contributed by atoms with E-state index >= 15 is 0 Å². The van der Waals surface area contributed by atoms with Crippen molar-refractivity contribution in [1.29, 1.82) is 0 Å². The first-order valence-electron chi connectivity index (χ1n) is 6.65. The van der Waals surface area contributed by atoms with Crippen molar-refractivity contribution in [1.82, 2.24) is 0 Å².